The molecule has 0 aliphatic heterocycles. The lowest BCUT2D eigenvalue weighted by Gasteiger charge is -2.11. The molecule has 0 nitrogen and oxygen atoms in total. The van der Waals surface area contributed by atoms with Crippen LogP contribution < -0.4 is 0 Å². The van der Waals surface area contributed by atoms with E-state index in [1.165, 1.54) is 25.7 Å². The smallest absolute Gasteiger partial charge is 0.0701 e. The normalized spacial score (nSPS) is 12.7. The highest BCUT2D eigenvalue weighted by Gasteiger charge is 2.12. The van der Waals surface area contributed by atoms with E-state index in [2.05, 4.69) is 85.8 Å². The second-order valence-electron chi connectivity index (χ2n) is 4.49. The number of alkyl halides is 1. The van der Waals surface area contributed by atoms with Gasteiger partial charge in [-0.3, -0.25) is 0 Å². The van der Waals surface area contributed by atoms with Gasteiger partial charge in [-0.2, -0.15) is 0 Å². The van der Waals surface area contributed by atoms with Crippen LogP contribution in [-0.2, 0) is 6.42 Å². The van der Waals surface area contributed by atoms with Gasteiger partial charge >= 0.3 is 0 Å². The highest BCUT2D eigenvalue weighted by Crippen LogP contribution is 2.34. The topological polar surface area (TPSA) is 0 Å². The molecular weight excluding hydrogens is 384 g/mol. The van der Waals surface area contributed by atoms with Gasteiger partial charge < -0.3 is 0 Å². The van der Waals surface area contributed by atoms with E-state index in [1.807, 2.05) is 0 Å². The van der Waals surface area contributed by atoms with E-state index in [4.69, 9.17) is 0 Å². The van der Waals surface area contributed by atoms with E-state index in [1.54, 1.807) is 11.3 Å². The summed E-state index contributed by atoms with van der Waals surface area (Å²) in [4.78, 5) is 0.362. The summed E-state index contributed by atoms with van der Waals surface area (Å²) in [6, 6.07) is 17.3. The number of fused-ring (bicyclic) bond motifs is 1. The predicted molar refractivity (Wildman–Crippen MR) is 91.3 cm³/mol. The Morgan fingerprint density at radius 1 is 1.05 bits per heavy atom. The Bertz CT molecular complexity index is 697. The van der Waals surface area contributed by atoms with E-state index in [-0.39, 0.29) is 0 Å². The summed E-state index contributed by atoms with van der Waals surface area (Å²) >= 11 is 9.06. The Morgan fingerprint density at radius 3 is 2.63 bits per heavy atom. The fourth-order valence-corrected chi connectivity index (χ4v) is 4.29. The van der Waals surface area contributed by atoms with Crippen molar-refractivity contribution >= 4 is 54.0 Å². The lowest BCUT2D eigenvalue weighted by atomic mass is 9.99. The zero-order valence-electron chi connectivity index (χ0n) is 10.1. The van der Waals surface area contributed by atoms with Gasteiger partial charge in [-0.25, -0.2) is 0 Å². The molecule has 0 amide bonds. The first-order valence-corrected chi connectivity index (χ1v) is 8.67. The summed E-state index contributed by atoms with van der Waals surface area (Å²) in [5, 5.41) is 4.86. The monoisotopic (exact) mass is 394 g/mol. The Labute approximate surface area is 133 Å². The molecule has 0 aliphatic rings. The van der Waals surface area contributed by atoms with Crippen molar-refractivity contribution in [3.8, 4) is 0 Å². The molecular formula is C16H12Br2S. The summed E-state index contributed by atoms with van der Waals surface area (Å²) in [6.07, 6.45) is 1.00. The average Bonchev–Trinajstić information content (AvgIpc) is 2.86. The first-order chi connectivity index (χ1) is 9.24. The van der Waals surface area contributed by atoms with Crippen molar-refractivity contribution in [1.82, 2.24) is 0 Å². The first kappa shape index (κ1) is 13.3. The largest absolute Gasteiger partial charge is 0.137 e. The van der Waals surface area contributed by atoms with Gasteiger partial charge in [0.15, 0.2) is 0 Å². The van der Waals surface area contributed by atoms with E-state index >= 15 is 0 Å². The third kappa shape index (κ3) is 2.93. The minimum absolute atomic E-state index is 0.362. The van der Waals surface area contributed by atoms with Gasteiger partial charge in [0.2, 0.25) is 0 Å². The van der Waals surface area contributed by atoms with Gasteiger partial charge in [-0.1, -0.05) is 58.4 Å². The fraction of sp³-hybridized carbons (Fsp3) is 0.125. The molecule has 0 spiro atoms. The third-order valence-corrected chi connectivity index (χ3v) is 5.60. The molecule has 2 aromatic carbocycles. The van der Waals surface area contributed by atoms with Crippen LogP contribution >= 0.6 is 43.2 Å². The molecule has 1 heterocycles. The molecule has 19 heavy (non-hydrogen) atoms. The predicted octanol–water partition coefficient (Wildman–Crippen LogP) is 6.34. The number of halogens is 2. The van der Waals surface area contributed by atoms with Gasteiger partial charge in [0, 0.05) is 4.83 Å². The standard InChI is InChI=1S/C16H12Br2S/c17-15(13-9-16(18)19-10-13)8-12-6-3-5-11-4-1-2-7-14(11)12/h1-7,9-10,15H,8H2. The van der Waals surface area contributed by atoms with Crippen molar-refractivity contribution < 1.29 is 0 Å². The van der Waals surface area contributed by atoms with Crippen LogP contribution in [0.5, 0.6) is 0 Å². The van der Waals surface area contributed by atoms with Crippen LogP contribution in [-0.4, -0.2) is 0 Å². The minimum Gasteiger partial charge on any atom is -0.137 e. The zero-order valence-corrected chi connectivity index (χ0v) is 14.1. The maximum atomic E-state index is 3.81. The molecule has 0 saturated carbocycles. The van der Waals surface area contributed by atoms with E-state index < -0.39 is 0 Å². The number of hydrogen-bond donors (Lipinski definition) is 0. The van der Waals surface area contributed by atoms with Crippen LogP contribution in [0.25, 0.3) is 10.8 Å². The second-order valence-corrected chi connectivity index (χ2v) is 7.89. The van der Waals surface area contributed by atoms with Gasteiger partial charge in [0.1, 0.15) is 0 Å². The zero-order chi connectivity index (χ0) is 13.2. The van der Waals surface area contributed by atoms with E-state index in [0.717, 1.165) is 6.42 Å². The highest BCUT2D eigenvalue weighted by molar-refractivity contribution is 9.11. The van der Waals surface area contributed by atoms with Crippen LogP contribution in [0.4, 0.5) is 0 Å². The van der Waals surface area contributed by atoms with Crippen molar-refractivity contribution in [2.24, 2.45) is 0 Å². The molecule has 1 aromatic heterocycles. The molecule has 3 aromatic rings. The molecule has 0 aliphatic carbocycles. The van der Waals surface area contributed by atoms with Crippen LogP contribution in [0.15, 0.2) is 57.7 Å². The summed E-state index contributed by atoms with van der Waals surface area (Å²) in [6.45, 7) is 0. The molecule has 3 rings (SSSR count). The van der Waals surface area contributed by atoms with Gasteiger partial charge in [0.25, 0.3) is 0 Å². The molecule has 1 unspecified atom stereocenters. The molecule has 0 radical (unpaired) electrons. The lowest BCUT2D eigenvalue weighted by Crippen LogP contribution is -1.94. The van der Waals surface area contributed by atoms with Crippen LogP contribution in [0.2, 0.25) is 0 Å². The molecule has 0 N–H and O–H groups in total. The average molecular weight is 396 g/mol. The minimum atomic E-state index is 0.362. The van der Waals surface area contributed by atoms with Crippen molar-refractivity contribution in [1.29, 1.82) is 0 Å². The first-order valence-electron chi connectivity index (χ1n) is 6.08. The maximum absolute atomic E-state index is 3.81. The molecule has 0 bridgehead atoms. The highest BCUT2D eigenvalue weighted by atomic mass is 79.9. The van der Waals surface area contributed by atoms with Gasteiger partial charge in [-0.05, 0) is 55.7 Å². The second kappa shape index (κ2) is 5.78. The summed E-state index contributed by atoms with van der Waals surface area (Å²) < 4.78 is 1.19. The Kier molecular flexibility index (Phi) is 4.06. The summed E-state index contributed by atoms with van der Waals surface area (Å²) in [5.41, 5.74) is 2.73. The number of benzene rings is 2. The van der Waals surface area contributed by atoms with Crippen molar-refractivity contribution in [3.05, 3.63) is 68.8 Å². The van der Waals surface area contributed by atoms with Crippen LogP contribution in [0.1, 0.15) is 16.0 Å². The maximum Gasteiger partial charge on any atom is 0.0701 e. The van der Waals surface area contributed by atoms with Crippen LogP contribution in [0, 0.1) is 0 Å². The van der Waals surface area contributed by atoms with Crippen molar-refractivity contribution in [2.75, 3.05) is 0 Å². The number of thiophene rings is 1. The molecule has 0 saturated heterocycles. The Morgan fingerprint density at radius 2 is 1.84 bits per heavy atom. The number of hydrogen-bond acceptors (Lipinski definition) is 1. The van der Waals surface area contributed by atoms with E-state index in [0.29, 0.717) is 4.83 Å². The SMILES string of the molecule is Brc1cc(C(Br)Cc2cccc3ccccc23)cs1. The van der Waals surface area contributed by atoms with Gasteiger partial charge in [-0.15, -0.1) is 11.3 Å². The molecule has 1 atom stereocenters. The Hall–Kier alpha value is -0.640. The van der Waals surface area contributed by atoms with E-state index in [9.17, 15) is 0 Å². The van der Waals surface area contributed by atoms with Crippen molar-refractivity contribution in [3.63, 3.8) is 0 Å². The lowest BCUT2D eigenvalue weighted by molar-refractivity contribution is 0.963. The van der Waals surface area contributed by atoms with Gasteiger partial charge in [0.05, 0.1) is 3.79 Å². The summed E-state index contributed by atoms with van der Waals surface area (Å²) in [5.74, 6) is 0. The van der Waals surface area contributed by atoms with Crippen LogP contribution in [0.3, 0.4) is 0 Å². The Balaban J connectivity index is 1.93. The molecule has 96 valence electrons. The summed E-state index contributed by atoms with van der Waals surface area (Å²) in [7, 11) is 0. The quantitative estimate of drug-likeness (QED) is 0.453. The number of rotatable bonds is 3. The molecule has 3 heteroatoms. The fourth-order valence-electron chi connectivity index (χ4n) is 2.27. The van der Waals surface area contributed by atoms with Crippen molar-refractivity contribution in [2.45, 2.75) is 11.2 Å². The molecule has 0 fully saturated rings. The third-order valence-electron chi connectivity index (χ3n) is 3.23.